The Morgan fingerprint density at radius 3 is 2.76 bits per heavy atom. The molecule has 0 bridgehead atoms. The minimum atomic E-state index is 0.963. The number of hydrogen-bond donors (Lipinski definition) is 1. The molecule has 2 aliphatic rings. The Labute approximate surface area is 105 Å². The van der Waals surface area contributed by atoms with Crippen molar-refractivity contribution in [3.63, 3.8) is 0 Å². The summed E-state index contributed by atoms with van der Waals surface area (Å²) in [5.41, 5.74) is 4.81. The summed E-state index contributed by atoms with van der Waals surface area (Å²) in [5, 5.41) is 3.45. The van der Waals surface area contributed by atoms with Crippen LogP contribution in [0.5, 0.6) is 0 Å². The molecule has 1 heteroatoms. The molecular weight excluding hydrogens is 206 g/mol. The maximum absolute atomic E-state index is 3.45. The molecule has 1 N–H and O–H groups in total. The highest BCUT2D eigenvalue weighted by Gasteiger charge is 2.14. The lowest BCUT2D eigenvalue weighted by molar-refractivity contribution is 0.354. The Morgan fingerprint density at radius 2 is 1.88 bits per heavy atom. The third kappa shape index (κ3) is 2.71. The van der Waals surface area contributed by atoms with Crippen molar-refractivity contribution in [1.82, 2.24) is 5.32 Å². The van der Waals surface area contributed by atoms with Crippen molar-refractivity contribution >= 4 is 0 Å². The van der Waals surface area contributed by atoms with Gasteiger partial charge in [-0.3, -0.25) is 0 Å². The molecule has 1 aliphatic carbocycles. The van der Waals surface area contributed by atoms with Gasteiger partial charge in [-0.2, -0.15) is 0 Å². The summed E-state index contributed by atoms with van der Waals surface area (Å²) in [6, 6.07) is 7.22. The summed E-state index contributed by atoms with van der Waals surface area (Å²) >= 11 is 0. The Kier molecular flexibility index (Phi) is 3.46. The fourth-order valence-corrected chi connectivity index (χ4v) is 3.32. The topological polar surface area (TPSA) is 12.0 Å². The van der Waals surface area contributed by atoms with Gasteiger partial charge in [-0.15, -0.1) is 0 Å². The molecule has 17 heavy (non-hydrogen) atoms. The van der Waals surface area contributed by atoms with Gasteiger partial charge in [0, 0.05) is 0 Å². The molecule has 1 saturated heterocycles. The zero-order valence-electron chi connectivity index (χ0n) is 10.7. The zero-order chi connectivity index (χ0) is 11.5. The lowest BCUT2D eigenvalue weighted by atomic mass is 9.91. The Morgan fingerprint density at radius 1 is 1.06 bits per heavy atom. The Hall–Kier alpha value is -0.820. The molecular formula is C16H23N. The maximum atomic E-state index is 3.45. The van der Waals surface area contributed by atoms with E-state index in [2.05, 4.69) is 23.5 Å². The van der Waals surface area contributed by atoms with Crippen LogP contribution in [0, 0.1) is 5.92 Å². The van der Waals surface area contributed by atoms with E-state index >= 15 is 0 Å². The van der Waals surface area contributed by atoms with Gasteiger partial charge in [0.2, 0.25) is 0 Å². The fourth-order valence-electron chi connectivity index (χ4n) is 3.32. The van der Waals surface area contributed by atoms with Crippen molar-refractivity contribution < 1.29 is 0 Å². The van der Waals surface area contributed by atoms with Gasteiger partial charge in [0.1, 0.15) is 0 Å². The molecule has 0 aromatic heterocycles. The maximum Gasteiger partial charge on any atom is -0.00463 e. The highest BCUT2D eigenvalue weighted by Crippen LogP contribution is 2.25. The van der Waals surface area contributed by atoms with E-state index < -0.39 is 0 Å². The molecule has 92 valence electrons. The van der Waals surface area contributed by atoms with Crippen LogP contribution >= 0.6 is 0 Å². The number of piperidine rings is 1. The van der Waals surface area contributed by atoms with Gasteiger partial charge in [0.15, 0.2) is 0 Å². The molecule has 1 aliphatic heterocycles. The SMILES string of the molecule is c1cc2c(cc1CCC1CCNCC1)CCC2. The third-order valence-electron chi connectivity index (χ3n) is 4.46. The molecule has 0 spiro atoms. The molecule has 1 aromatic carbocycles. The number of fused-ring (bicyclic) bond motifs is 1. The van der Waals surface area contributed by atoms with E-state index in [9.17, 15) is 0 Å². The zero-order valence-corrected chi connectivity index (χ0v) is 10.7. The number of rotatable bonds is 3. The number of nitrogens with one attached hydrogen (secondary N) is 1. The minimum absolute atomic E-state index is 0.963. The van der Waals surface area contributed by atoms with Crippen molar-refractivity contribution in [1.29, 1.82) is 0 Å². The van der Waals surface area contributed by atoms with Crippen molar-refractivity contribution in [3.05, 3.63) is 34.9 Å². The highest BCUT2D eigenvalue weighted by molar-refractivity contribution is 5.35. The van der Waals surface area contributed by atoms with E-state index in [1.165, 1.54) is 58.0 Å². The first-order valence-corrected chi connectivity index (χ1v) is 7.23. The predicted molar refractivity (Wildman–Crippen MR) is 72.4 cm³/mol. The van der Waals surface area contributed by atoms with E-state index in [4.69, 9.17) is 0 Å². The molecule has 0 radical (unpaired) electrons. The van der Waals surface area contributed by atoms with E-state index in [-0.39, 0.29) is 0 Å². The first-order valence-electron chi connectivity index (χ1n) is 7.23. The molecule has 1 heterocycles. The fraction of sp³-hybridized carbons (Fsp3) is 0.625. The minimum Gasteiger partial charge on any atom is -0.317 e. The molecule has 1 fully saturated rings. The average Bonchev–Trinajstić information content (AvgIpc) is 2.85. The molecule has 0 saturated carbocycles. The predicted octanol–water partition coefficient (Wildman–Crippen LogP) is 3.11. The number of aryl methyl sites for hydroxylation is 3. The standard InChI is InChI=1S/C16H23N/c1-2-15-7-6-14(12-16(15)3-1)5-4-13-8-10-17-11-9-13/h6-7,12-13,17H,1-5,8-11H2. The van der Waals surface area contributed by atoms with Crippen LogP contribution in [0.25, 0.3) is 0 Å². The van der Waals surface area contributed by atoms with Crippen LogP contribution in [0.15, 0.2) is 18.2 Å². The largest absolute Gasteiger partial charge is 0.317 e. The molecule has 0 unspecified atom stereocenters. The van der Waals surface area contributed by atoms with E-state index in [1.807, 2.05) is 0 Å². The van der Waals surface area contributed by atoms with Crippen LogP contribution in [0.3, 0.4) is 0 Å². The van der Waals surface area contributed by atoms with Crippen LogP contribution in [0.2, 0.25) is 0 Å². The number of benzene rings is 1. The first-order chi connectivity index (χ1) is 8.42. The summed E-state index contributed by atoms with van der Waals surface area (Å²) in [6.45, 7) is 2.46. The van der Waals surface area contributed by atoms with Crippen molar-refractivity contribution in [2.45, 2.75) is 44.9 Å². The first kappa shape index (κ1) is 11.3. The van der Waals surface area contributed by atoms with Crippen molar-refractivity contribution in [2.75, 3.05) is 13.1 Å². The second-order valence-corrected chi connectivity index (χ2v) is 5.69. The summed E-state index contributed by atoms with van der Waals surface area (Å²) in [4.78, 5) is 0. The number of hydrogen-bond acceptors (Lipinski definition) is 1. The molecule has 0 amide bonds. The van der Waals surface area contributed by atoms with Gasteiger partial charge < -0.3 is 5.32 Å². The normalized spacial score (nSPS) is 20.5. The Bertz CT molecular complexity index is 377. The second kappa shape index (κ2) is 5.22. The van der Waals surface area contributed by atoms with Crippen LogP contribution in [-0.2, 0) is 19.3 Å². The van der Waals surface area contributed by atoms with Crippen LogP contribution in [0.4, 0.5) is 0 Å². The van der Waals surface area contributed by atoms with Crippen LogP contribution in [-0.4, -0.2) is 13.1 Å². The molecule has 1 aromatic rings. The van der Waals surface area contributed by atoms with Gasteiger partial charge in [-0.25, -0.2) is 0 Å². The van der Waals surface area contributed by atoms with Gasteiger partial charge in [-0.1, -0.05) is 18.2 Å². The Balaban J connectivity index is 1.57. The summed E-state index contributed by atoms with van der Waals surface area (Å²) < 4.78 is 0. The molecule has 0 atom stereocenters. The van der Waals surface area contributed by atoms with Crippen molar-refractivity contribution in [3.8, 4) is 0 Å². The third-order valence-corrected chi connectivity index (χ3v) is 4.46. The summed E-state index contributed by atoms with van der Waals surface area (Å²) in [5.74, 6) is 0.963. The van der Waals surface area contributed by atoms with E-state index in [0.717, 1.165) is 5.92 Å². The average molecular weight is 229 g/mol. The van der Waals surface area contributed by atoms with Gasteiger partial charge in [0.25, 0.3) is 0 Å². The quantitative estimate of drug-likeness (QED) is 0.840. The van der Waals surface area contributed by atoms with Crippen LogP contribution < -0.4 is 5.32 Å². The lowest BCUT2D eigenvalue weighted by Crippen LogP contribution is -2.27. The van der Waals surface area contributed by atoms with Gasteiger partial charge >= 0.3 is 0 Å². The van der Waals surface area contributed by atoms with Crippen LogP contribution in [0.1, 0.15) is 42.4 Å². The summed E-state index contributed by atoms with van der Waals surface area (Å²) in [6.07, 6.45) is 9.43. The smallest absolute Gasteiger partial charge is 0.00463 e. The highest BCUT2D eigenvalue weighted by atomic mass is 14.9. The van der Waals surface area contributed by atoms with Gasteiger partial charge in [0.05, 0.1) is 0 Å². The van der Waals surface area contributed by atoms with E-state index in [1.54, 1.807) is 16.7 Å². The summed E-state index contributed by atoms with van der Waals surface area (Å²) in [7, 11) is 0. The second-order valence-electron chi connectivity index (χ2n) is 5.69. The van der Waals surface area contributed by atoms with Gasteiger partial charge in [-0.05, 0) is 80.6 Å². The molecule has 1 nitrogen and oxygen atoms in total. The molecule has 3 rings (SSSR count). The monoisotopic (exact) mass is 229 g/mol. The lowest BCUT2D eigenvalue weighted by Gasteiger charge is -2.22. The van der Waals surface area contributed by atoms with Crippen molar-refractivity contribution in [2.24, 2.45) is 5.92 Å². The van der Waals surface area contributed by atoms with E-state index in [0.29, 0.717) is 0 Å².